The maximum atomic E-state index is 13.0. The predicted octanol–water partition coefficient (Wildman–Crippen LogP) is 1.04. The Morgan fingerprint density at radius 3 is 2.75 bits per heavy atom. The highest BCUT2D eigenvalue weighted by Crippen LogP contribution is 2.27. The fourth-order valence-corrected chi connectivity index (χ4v) is 2.95. The molecular formula is C10H18FNO3S. The highest BCUT2D eigenvalue weighted by atomic mass is 32.2. The topological polar surface area (TPSA) is 52.6 Å². The molecule has 1 rings (SSSR count). The second kappa shape index (κ2) is 5.33. The van der Waals surface area contributed by atoms with Gasteiger partial charge < -0.3 is 9.29 Å². The van der Waals surface area contributed by atoms with Crippen molar-refractivity contribution in [3.05, 3.63) is 0 Å². The summed E-state index contributed by atoms with van der Waals surface area (Å²) in [7, 11) is 0. The molecule has 0 N–H and O–H groups in total. The van der Waals surface area contributed by atoms with Gasteiger partial charge in [0.15, 0.2) is 0 Å². The van der Waals surface area contributed by atoms with Gasteiger partial charge in [-0.25, -0.2) is 9.18 Å². The van der Waals surface area contributed by atoms with Crippen molar-refractivity contribution in [3.63, 3.8) is 0 Å². The first-order valence-corrected chi connectivity index (χ1v) is 6.48. The van der Waals surface area contributed by atoms with Crippen LogP contribution in [0.5, 0.6) is 0 Å². The third kappa shape index (κ3) is 2.87. The molecule has 0 aromatic rings. The number of hydrogen-bond donors (Lipinski definition) is 0. The van der Waals surface area contributed by atoms with E-state index in [0.717, 1.165) is 0 Å². The van der Waals surface area contributed by atoms with Crippen LogP contribution in [0, 0.1) is 0 Å². The standard InChI is InChI=1S/C10H18FNO3S/c1-4-15-9(13)10(2,3)16(14)12-6-5-8(11)7-12/h8H,4-7H2,1-3H3/t8-,16?/m1/s1. The average molecular weight is 251 g/mol. The molecule has 1 aliphatic rings. The molecule has 1 heterocycles. The van der Waals surface area contributed by atoms with Crippen LogP contribution in [-0.2, 0) is 20.9 Å². The van der Waals surface area contributed by atoms with Gasteiger partial charge in [0.05, 0.1) is 24.5 Å². The van der Waals surface area contributed by atoms with Crippen molar-refractivity contribution in [2.45, 2.75) is 38.1 Å². The van der Waals surface area contributed by atoms with Crippen molar-refractivity contribution in [1.82, 2.24) is 4.31 Å². The lowest BCUT2D eigenvalue weighted by atomic mass is 10.2. The number of ether oxygens (including phenoxy) is 1. The molecular weight excluding hydrogens is 233 g/mol. The summed E-state index contributed by atoms with van der Waals surface area (Å²) in [5.74, 6) is -0.504. The molecule has 0 amide bonds. The Kier molecular flexibility index (Phi) is 4.58. The minimum absolute atomic E-state index is 0.134. The predicted molar refractivity (Wildman–Crippen MR) is 59.9 cm³/mol. The van der Waals surface area contributed by atoms with Gasteiger partial charge in [0, 0.05) is 6.54 Å². The van der Waals surface area contributed by atoms with E-state index >= 15 is 0 Å². The van der Waals surface area contributed by atoms with Crippen LogP contribution in [0.2, 0.25) is 0 Å². The first kappa shape index (κ1) is 13.7. The number of hydrogen-bond acceptors (Lipinski definition) is 4. The fourth-order valence-electron chi connectivity index (χ4n) is 1.54. The summed E-state index contributed by atoms with van der Waals surface area (Å²) in [5.41, 5.74) is 0. The zero-order valence-corrected chi connectivity index (χ0v) is 10.7. The van der Waals surface area contributed by atoms with Crippen molar-refractivity contribution in [1.29, 1.82) is 0 Å². The van der Waals surface area contributed by atoms with Crippen molar-refractivity contribution >= 4 is 17.3 Å². The molecule has 94 valence electrons. The Labute approximate surface area is 98.4 Å². The highest BCUT2D eigenvalue weighted by molar-refractivity contribution is 7.91. The van der Waals surface area contributed by atoms with Gasteiger partial charge in [0.1, 0.15) is 6.17 Å². The normalized spacial score (nSPS) is 24.4. The summed E-state index contributed by atoms with van der Waals surface area (Å²) >= 11 is -1.54. The minimum atomic E-state index is -1.54. The number of halogens is 1. The van der Waals surface area contributed by atoms with E-state index in [9.17, 15) is 13.7 Å². The molecule has 6 heteroatoms. The smallest absolute Gasteiger partial charge is 0.364 e. The van der Waals surface area contributed by atoms with Gasteiger partial charge in [0.25, 0.3) is 0 Å². The van der Waals surface area contributed by atoms with Gasteiger partial charge in [-0.15, -0.1) is 4.31 Å². The maximum absolute atomic E-state index is 13.0. The number of esters is 1. The Hall–Kier alpha value is -0.330. The minimum Gasteiger partial charge on any atom is -0.597 e. The van der Waals surface area contributed by atoms with E-state index in [-0.39, 0.29) is 13.2 Å². The number of carbonyl (C=O) groups excluding carboxylic acids is 1. The molecule has 0 aromatic heterocycles. The van der Waals surface area contributed by atoms with Crippen LogP contribution in [0.25, 0.3) is 0 Å². The van der Waals surface area contributed by atoms with E-state index in [1.807, 2.05) is 0 Å². The summed E-state index contributed by atoms with van der Waals surface area (Å²) in [6.45, 7) is 5.64. The van der Waals surface area contributed by atoms with E-state index < -0.39 is 28.2 Å². The lowest BCUT2D eigenvalue weighted by Crippen LogP contribution is -2.49. The number of nitrogens with zero attached hydrogens (tertiary/aromatic N) is 1. The summed E-state index contributed by atoms with van der Waals surface area (Å²) in [6.07, 6.45) is -0.563. The van der Waals surface area contributed by atoms with Gasteiger partial charge >= 0.3 is 5.97 Å². The molecule has 0 aliphatic carbocycles. The molecule has 16 heavy (non-hydrogen) atoms. The third-order valence-corrected chi connectivity index (χ3v) is 4.37. The first-order chi connectivity index (χ1) is 7.39. The molecule has 0 bridgehead atoms. The van der Waals surface area contributed by atoms with Gasteiger partial charge in [-0.3, -0.25) is 0 Å². The molecule has 1 fully saturated rings. The van der Waals surface area contributed by atoms with Crippen LogP contribution in [0.4, 0.5) is 4.39 Å². The van der Waals surface area contributed by atoms with Crippen LogP contribution in [0.1, 0.15) is 27.2 Å². The lowest BCUT2D eigenvalue weighted by molar-refractivity contribution is -0.145. The van der Waals surface area contributed by atoms with Crippen molar-refractivity contribution < 1.29 is 18.5 Å². The zero-order chi connectivity index (χ0) is 12.3. The molecule has 0 spiro atoms. The van der Waals surface area contributed by atoms with Gasteiger partial charge in [-0.1, -0.05) is 0 Å². The van der Waals surface area contributed by atoms with E-state index in [1.165, 1.54) is 4.31 Å². The van der Waals surface area contributed by atoms with Crippen molar-refractivity contribution in [2.24, 2.45) is 0 Å². The maximum Gasteiger partial charge on any atom is 0.364 e. The number of alkyl halides is 1. The monoisotopic (exact) mass is 251 g/mol. The second-order valence-corrected chi connectivity index (χ2v) is 6.29. The van der Waals surface area contributed by atoms with Crippen LogP contribution >= 0.6 is 0 Å². The summed E-state index contributed by atoms with van der Waals surface area (Å²) < 4.78 is 30.3. The molecule has 1 aliphatic heterocycles. The highest BCUT2D eigenvalue weighted by Gasteiger charge is 2.47. The third-order valence-electron chi connectivity index (χ3n) is 2.53. The SMILES string of the molecule is CCOC(=O)C(C)(C)[S+]([O-])N1CC[C@@H](F)C1. The van der Waals surface area contributed by atoms with E-state index in [4.69, 9.17) is 4.74 Å². The molecule has 0 saturated carbocycles. The quantitative estimate of drug-likeness (QED) is 0.553. The fraction of sp³-hybridized carbons (Fsp3) is 0.900. The molecule has 1 unspecified atom stereocenters. The van der Waals surface area contributed by atoms with E-state index in [2.05, 4.69) is 0 Å². The van der Waals surface area contributed by atoms with Crippen molar-refractivity contribution in [3.8, 4) is 0 Å². The Bertz CT molecular complexity index is 262. The Morgan fingerprint density at radius 1 is 1.69 bits per heavy atom. The molecule has 4 nitrogen and oxygen atoms in total. The van der Waals surface area contributed by atoms with Crippen LogP contribution in [0.15, 0.2) is 0 Å². The van der Waals surface area contributed by atoms with E-state index in [0.29, 0.717) is 13.0 Å². The average Bonchev–Trinajstić information content (AvgIpc) is 2.64. The second-order valence-electron chi connectivity index (χ2n) is 4.25. The summed E-state index contributed by atoms with van der Waals surface area (Å²) in [6, 6.07) is 0. The largest absolute Gasteiger partial charge is 0.597 e. The van der Waals surface area contributed by atoms with Crippen LogP contribution in [0.3, 0.4) is 0 Å². The molecule has 1 saturated heterocycles. The molecule has 0 radical (unpaired) electrons. The Balaban J connectivity index is 2.63. The lowest BCUT2D eigenvalue weighted by Gasteiger charge is -2.30. The van der Waals surface area contributed by atoms with E-state index in [1.54, 1.807) is 20.8 Å². The van der Waals surface area contributed by atoms with Gasteiger partial charge in [-0.05, 0) is 27.2 Å². The van der Waals surface area contributed by atoms with Crippen molar-refractivity contribution in [2.75, 3.05) is 19.7 Å². The molecule has 0 aromatic carbocycles. The van der Waals surface area contributed by atoms with Gasteiger partial charge in [0.2, 0.25) is 4.75 Å². The number of rotatable bonds is 4. The van der Waals surface area contributed by atoms with Gasteiger partial charge in [-0.2, -0.15) is 0 Å². The molecule has 2 atom stereocenters. The Morgan fingerprint density at radius 2 is 2.31 bits per heavy atom. The van der Waals surface area contributed by atoms with Crippen LogP contribution < -0.4 is 0 Å². The summed E-state index contributed by atoms with van der Waals surface area (Å²) in [4.78, 5) is 11.6. The zero-order valence-electron chi connectivity index (χ0n) is 9.86. The number of carbonyl (C=O) groups is 1. The van der Waals surface area contributed by atoms with Crippen LogP contribution in [-0.4, -0.2) is 45.4 Å². The first-order valence-electron chi connectivity index (χ1n) is 5.37. The summed E-state index contributed by atoms with van der Waals surface area (Å²) in [5, 5.41) is 0.